The first-order chi connectivity index (χ1) is 8.70. The van der Waals surface area contributed by atoms with Crippen LogP contribution in [0.5, 0.6) is 0 Å². The number of rotatable bonds is 2. The van der Waals surface area contributed by atoms with Crippen LogP contribution < -0.4 is 0 Å². The zero-order valence-corrected chi connectivity index (χ0v) is 10.4. The maximum absolute atomic E-state index is 11.0. The molecule has 0 radical (unpaired) electrons. The average Bonchev–Trinajstić information content (AvgIpc) is 2.42. The van der Waals surface area contributed by atoms with E-state index in [-0.39, 0.29) is 0 Å². The quantitative estimate of drug-likeness (QED) is 0.614. The van der Waals surface area contributed by atoms with Gasteiger partial charge in [-0.05, 0) is 0 Å². The molecule has 0 saturated heterocycles. The van der Waals surface area contributed by atoms with Crippen LogP contribution in [0.15, 0.2) is 66.7 Å². The van der Waals surface area contributed by atoms with Gasteiger partial charge < -0.3 is 0 Å². The van der Waals surface area contributed by atoms with Gasteiger partial charge in [-0.2, -0.15) is 8.42 Å². The van der Waals surface area contributed by atoms with E-state index in [1.54, 1.807) is 30.3 Å². The van der Waals surface area contributed by atoms with Gasteiger partial charge in [-0.3, -0.25) is 4.79 Å². The van der Waals surface area contributed by atoms with Gasteiger partial charge in [-0.25, -0.2) is 0 Å². The molecule has 0 atom stereocenters. The van der Waals surface area contributed by atoms with Crippen molar-refractivity contribution in [3.63, 3.8) is 0 Å². The zero-order valence-electron chi connectivity index (χ0n) is 9.56. The number of Topliss-reactive ketones (excluding diaryl/α,β-unsaturated/α-hetero) is 1. The smallest absolute Gasteiger partial charge is 0.218 e. The maximum atomic E-state index is 11.0. The van der Waals surface area contributed by atoms with Crippen LogP contribution in [0.3, 0.4) is 0 Å². The van der Waals surface area contributed by atoms with Gasteiger partial charge >= 0.3 is 0 Å². The third kappa shape index (κ3) is 5.77. The predicted octanol–water partition coefficient (Wildman–Crippen LogP) is 2.24. The minimum atomic E-state index is -2.42. The van der Waals surface area contributed by atoms with Crippen molar-refractivity contribution in [2.24, 2.45) is 0 Å². The van der Waals surface area contributed by atoms with E-state index < -0.39 is 16.1 Å². The molecular weight excluding hydrogens is 248 g/mol. The highest BCUT2D eigenvalue weighted by Crippen LogP contribution is 1.97. The third-order valence-electron chi connectivity index (χ3n) is 1.93. The lowest BCUT2D eigenvalue weighted by Gasteiger charge is -1.89. The Kier molecular flexibility index (Phi) is 6.14. The van der Waals surface area contributed by atoms with Crippen molar-refractivity contribution >= 4 is 21.4 Å². The largest absolute Gasteiger partial charge is 0.288 e. The van der Waals surface area contributed by atoms with E-state index in [0.29, 0.717) is 10.9 Å². The first-order valence-corrected chi connectivity index (χ1v) is 6.36. The van der Waals surface area contributed by atoms with E-state index in [0.717, 1.165) is 0 Å². The lowest BCUT2D eigenvalue weighted by atomic mass is 10.2. The number of carbonyl (C=O) groups is 1. The van der Waals surface area contributed by atoms with Gasteiger partial charge in [-0.15, -0.1) is 0 Å². The Morgan fingerprint density at radius 3 is 1.56 bits per heavy atom. The first kappa shape index (κ1) is 13.9. The van der Waals surface area contributed by atoms with Gasteiger partial charge in [-0.1, -0.05) is 66.7 Å². The number of carbonyl (C=O) groups excluding carboxylic acids is 1. The van der Waals surface area contributed by atoms with Crippen molar-refractivity contribution in [2.45, 2.75) is 0 Å². The summed E-state index contributed by atoms with van der Waals surface area (Å²) in [6.45, 7) is 0. The Balaban J connectivity index is 0.000000225. The fourth-order valence-corrected chi connectivity index (χ4v) is 1.45. The lowest BCUT2D eigenvalue weighted by molar-refractivity contribution is 0.107. The second kappa shape index (κ2) is 7.97. The van der Waals surface area contributed by atoms with Crippen molar-refractivity contribution in [1.82, 2.24) is 0 Å². The van der Waals surface area contributed by atoms with Crippen molar-refractivity contribution in [1.29, 1.82) is 0 Å². The monoisotopic (exact) mass is 260 g/mol. The molecule has 0 amide bonds. The van der Waals surface area contributed by atoms with E-state index in [1.807, 2.05) is 36.4 Å². The predicted molar refractivity (Wildman–Crippen MR) is 72.2 cm³/mol. The van der Waals surface area contributed by atoms with Gasteiger partial charge in [0, 0.05) is 5.56 Å². The minimum absolute atomic E-state index is 0.377. The molecular formula is C14H12O3S. The van der Waals surface area contributed by atoms with Gasteiger partial charge in [0.05, 0.1) is 0 Å². The molecule has 0 heterocycles. The Morgan fingerprint density at radius 2 is 1.17 bits per heavy atom. The molecule has 0 unspecified atom stereocenters. The normalized spacial score (nSPS) is 8.67. The first-order valence-electron chi connectivity index (χ1n) is 5.22. The molecule has 2 aromatic carbocycles. The topological polar surface area (TPSA) is 51.2 Å². The summed E-state index contributed by atoms with van der Waals surface area (Å²) in [4.78, 5) is 11.0. The van der Waals surface area contributed by atoms with Crippen LogP contribution in [0, 0.1) is 0 Å². The number of ketones is 1. The van der Waals surface area contributed by atoms with E-state index >= 15 is 0 Å². The standard InChI is InChI=1S/C8H6O3S.C6H6/c9-8(6-12(10)11)7-4-2-1-3-5-7;1-2-4-6-5-3-1/h1-6H;1-6H. The molecule has 2 rings (SSSR count). The van der Waals surface area contributed by atoms with Gasteiger partial charge in [0.1, 0.15) is 5.37 Å². The van der Waals surface area contributed by atoms with Crippen LogP contribution in [0.25, 0.3) is 0 Å². The van der Waals surface area contributed by atoms with Crippen molar-refractivity contribution in [3.8, 4) is 0 Å². The van der Waals surface area contributed by atoms with E-state index in [1.165, 1.54) is 0 Å². The second-order valence-corrected chi connectivity index (χ2v) is 4.02. The van der Waals surface area contributed by atoms with E-state index in [4.69, 9.17) is 0 Å². The molecule has 0 N–H and O–H groups in total. The summed E-state index contributed by atoms with van der Waals surface area (Å²) in [5.41, 5.74) is 0.377. The highest BCUT2D eigenvalue weighted by Gasteiger charge is 1.99. The molecule has 18 heavy (non-hydrogen) atoms. The number of hydrogen-bond donors (Lipinski definition) is 0. The van der Waals surface area contributed by atoms with Crippen LogP contribution in [0.1, 0.15) is 10.4 Å². The fraction of sp³-hybridized carbons (Fsp3) is 0. The summed E-state index contributed by atoms with van der Waals surface area (Å²) in [5, 5.41) is 0.648. The SMILES string of the molecule is O=C(C=S(=O)=O)c1ccccc1.c1ccccc1. The molecule has 4 heteroatoms. The Morgan fingerprint density at radius 1 is 0.778 bits per heavy atom. The number of benzene rings is 2. The molecule has 0 aliphatic heterocycles. The minimum Gasteiger partial charge on any atom is -0.288 e. The van der Waals surface area contributed by atoms with Crippen LogP contribution in [0.2, 0.25) is 0 Å². The number of hydrogen-bond acceptors (Lipinski definition) is 3. The molecule has 0 saturated carbocycles. The molecule has 0 aliphatic carbocycles. The van der Waals surface area contributed by atoms with Gasteiger partial charge in [0.2, 0.25) is 16.1 Å². The van der Waals surface area contributed by atoms with Crippen LogP contribution in [-0.4, -0.2) is 19.6 Å². The summed E-state index contributed by atoms with van der Waals surface area (Å²) >= 11 is 0. The Hall–Kier alpha value is -2.20. The van der Waals surface area contributed by atoms with Crippen molar-refractivity contribution in [2.75, 3.05) is 0 Å². The van der Waals surface area contributed by atoms with E-state index in [9.17, 15) is 13.2 Å². The Labute approximate surface area is 107 Å². The third-order valence-corrected chi connectivity index (χ3v) is 2.33. The van der Waals surface area contributed by atoms with Gasteiger partial charge in [0.25, 0.3) is 0 Å². The Bertz CT molecular complexity index is 567. The summed E-state index contributed by atoms with van der Waals surface area (Å²) in [7, 11) is -2.42. The summed E-state index contributed by atoms with van der Waals surface area (Å²) in [6.07, 6.45) is 0. The van der Waals surface area contributed by atoms with Gasteiger partial charge in [0.15, 0.2) is 0 Å². The summed E-state index contributed by atoms with van der Waals surface area (Å²) in [6, 6.07) is 20.2. The molecule has 0 bridgehead atoms. The van der Waals surface area contributed by atoms with E-state index in [2.05, 4.69) is 0 Å². The van der Waals surface area contributed by atoms with Crippen molar-refractivity contribution in [3.05, 3.63) is 72.3 Å². The fourth-order valence-electron chi connectivity index (χ4n) is 1.14. The molecule has 92 valence electrons. The summed E-state index contributed by atoms with van der Waals surface area (Å²) in [5.74, 6) is -0.496. The second-order valence-electron chi connectivity index (χ2n) is 3.26. The molecule has 0 aromatic heterocycles. The molecule has 2 aromatic rings. The molecule has 0 spiro atoms. The zero-order chi connectivity index (χ0) is 13.2. The highest BCUT2D eigenvalue weighted by atomic mass is 32.2. The van der Waals surface area contributed by atoms with Crippen LogP contribution >= 0.6 is 0 Å². The van der Waals surface area contributed by atoms with Crippen LogP contribution in [0.4, 0.5) is 0 Å². The summed E-state index contributed by atoms with van der Waals surface area (Å²) < 4.78 is 20.2. The average molecular weight is 260 g/mol. The van der Waals surface area contributed by atoms with Crippen LogP contribution in [-0.2, 0) is 10.3 Å². The van der Waals surface area contributed by atoms with Crippen molar-refractivity contribution < 1.29 is 13.2 Å². The highest BCUT2D eigenvalue weighted by molar-refractivity contribution is 7.73. The lowest BCUT2D eigenvalue weighted by Crippen LogP contribution is -1.99. The molecule has 0 fully saturated rings. The molecule has 0 aliphatic rings. The molecule has 3 nitrogen and oxygen atoms in total. The maximum Gasteiger partial charge on any atom is 0.218 e.